The predicted molar refractivity (Wildman–Crippen MR) is 68.9 cm³/mol. The fourth-order valence-electron chi connectivity index (χ4n) is 1.58. The molecule has 0 unspecified atom stereocenters. The van der Waals surface area contributed by atoms with E-state index in [4.69, 9.17) is 5.73 Å². The third-order valence-corrected chi connectivity index (χ3v) is 3.87. The molecule has 0 aromatic carbocycles. The van der Waals surface area contributed by atoms with E-state index >= 15 is 0 Å². The highest BCUT2D eigenvalue weighted by Gasteiger charge is 2.19. The lowest BCUT2D eigenvalue weighted by Gasteiger charge is -2.05. The van der Waals surface area contributed by atoms with E-state index in [-0.39, 0.29) is 16.3 Å². The van der Waals surface area contributed by atoms with Crippen LogP contribution in [-0.4, -0.2) is 23.9 Å². The number of rotatable bonds is 4. The zero-order valence-electron chi connectivity index (χ0n) is 10.4. The molecule has 7 nitrogen and oxygen atoms in total. The number of halogens is 1. The van der Waals surface area contributed by atoms with Gasteiger partial charge >= 0.3 is 0 Å². The van der Waals surface area contributed by atoms with Crippen LogP contribution in [0.3, 0.4) is 0 Å². The molecule has 0 radical (unpaired) electrons. The zero-order valence-corrected chi connectivity index (χ0v) is 11.2. The number of hydrogen-bond donors (Lipinski definition) is 2. The summed E-state index contributed by atoms with van der Waals surface area (Å²) in [4.78, 5) is 14.3. The van der Waals surface area contributed by atoms with Crippen molar-refractivity contribution < 1.29 is 17.6 Å². The molecule has 0 saturated carbocycles. The first-order valence-corrected chi connectivity index (χ1v) is 6.88. The molecule has 20 heavy (non-hydrogen) atoms. The molecule has 0 saturated heterocycles. The van der Waals surface area contributed by atoms with Crippen LogP contribution in [0.2, 0.25) is 0 Å². The van der Waals surface area contributed by atoms with Crippen LogP contribution in [0.25, 0.3) is 0 Å². The molecule has 106 valence electrons. The molecule has 2 heterocycles. The maximum Gasteiger partial charge on any atom is 0.265 e. The highest BCUT2D eigenvalue weighted by Crippen LogP contribution is 2.17. The Morgan fingerprint density at radius 1 is 1.45 bits per heavy atom. The van der Waals surface area contributed by atoms with Gasteiger partial charge in [-0.05, 0) is 18.2 Å². The third-order valence-electron chi connectivity index (χ3n) is 2.52. The van der Waals surface area contributed by atoms with Crippen LogP contribution in [0.4, 0.5) is 10.1 Å². The summed E-state index contributed by atoms with van der Waals surface area (Å²) < 4.78 is 40.3. The number of pyridine rings is 1. The Kier molecular flexibility index (Phi) is 3.45. The van der Waals surface area contributed by atoms with Crippen molar-refractivity contribution in [3.05, 3.63) is 42.2 Å². The lowest BCUT2D eigenvalue weighted by Crippen LogP contribution is -2.14. The number of amides is 1. The molecule has 0 bridgehead atoms. The van der Waals surface area contributed by atoms with Gasteiger partial charge in [-0.15, -0.1) is 0 Å². The number of nitrogens with two attached hydrogens (primary N) is 1. The number of primary amides is 1. The first-order chi connectivity index (χ1) is 9.29. The molecule has 0 aliphatic rings. The molecule has 1 amide bonds. The van der Waals surface area contributed by atoms with Gasteiger partial charge in [-0.2, -0.15) is 4.39 Å². The Morgan fingerprint density at radius 2 is 2.15 bits per heavy atom. The lowest BCUT2D eigenvalue weighted by atomic mass is 10.4. The normalized spacial score (nSPS) is 11.3. The number of anilines is 1. The Hall–Kier alpha value is -2.42. The molecule has 0 spiro atoms. The van der Waals surface area contributed by atoms with Crippen LogP contribution in [0.5, 0.6) is 0 Å². The van der Waals surface area contributed by atoms with Gasteiger partial charge < -0.3 is 10.3 Å². The SMILES string of the molecule is Cn1cc(S(=O)(=O)Nc2ccc(F)nc2)cc1C(N)=O. The Bertz CT molecular complexity index is 752. The third kappa shape index (κ3) is 2.77. The topological polar surface area (TPSA) is 107 Å². The molecule has 0 aliphatic carbocycles. The summed E-state index contributed by atoms with van der Waals surface area (Å²) in [6, 6.07) is 3.41. The molecule has 3 N–H and O–H groups in total. The molecule has 0 atom stereocenters. The second kappa shape index (κ2) is 4.93. The van der Waals surface area contributed by atoms with Crippen LogP contribution in [0, 0.1) is 5.95 Å². The van der Waals surface area contributed by atoms with Crippen molar-refractivity contribution in [1.29, 1.82) is 0 Å². The number of carbonyl (C=O) groups excluding carboxylic acids is 1. The fourth-order valence-corrected chi connectivity index (χ4v) is 2.69. The standard InChI is InChI=1S/C11H11FN4O3S/c1-16-6-8(4-9(16)11(13)17)20(18,19)15-7-2-3-10(12)14-5-7/h2-6,15H,1H3,(H2,13,17). The summed E-state index contributed by atoms with van der Waals surface area (Å²) in [5, 5.41) is 0. The van der Waals surface area contributed by atoms with Gasteiger partial charge in [0.25, 0.3) is 15.9 Å². The lowest BCUT2D eigenvalue weighted by molar-refractivity contribution is 0.0992. The van der Waals surface area contributed by atoms with E-state index in [0.717, 1.165) is 18.3 Å². The average molecular weight is 298 g/mol. The van der Waals surface area contributed by atoms with Crippen molar-refractivity contribution in [2.45, 2.75) is 4.90 Å². The first-order valence-electron chi connectivity index (χ1n) is 5.40. The molecule has 2 aromatic rings. The van der Waals surface area contributed by atoms with Crippen LogP contribution in [0.1, 0.15) is 10.5 Å². The second-order valence-corrected chi connectivity index (χ2v) is 5.69. The minimum absolute atomic E-state index is 0.0580. The molecular weight excluding hydrogens is 287 g/mol. The summed E-state index contributed by atoms with van der Waals surface area (Å²) in [6.45, 7) is 0. The van der Waals surface area contributed by atoms with Gasteiger partial charge in [0, 0.05) is 13.2 Å². The van der Waals surface area contributed by atoms with Gasteiger partial charge in [-0.25, -0.2) is 13.4 Å². The van der Waals surface area contributed by atoms with Crippen LogP contribution < -0.4 is 10.5 Å². The number of aromatic nitrogens is 2. The van der Waals surface area contributed by atoms with Crippen molar-refractivity contribution in [3.8, 4) is 0 Å². The number of carbonyl (C=O) groups is 1. The first kappa shape index (κ1) is 14.0. The fraction of sp³-hybridized carbons (Fsp3) is 0.0909. The Morgan fingerprint density at radius 3 is 2.65 bits per heavy atom. The minimum Gasteiger partial charge on any atom is -0.364 e. The summed E-state index contributed by atoms with van der Waals surface area (Å²) in [6.07, 6.45) is 2.30. The van der Waals surface area contributed by atoms with E-state index in [9.17, 15) is 17.6 Å². The monoisotopic (exact) mass is 298 g/mol. The summed E-state index contributed by atoms with van der Waals surface area (Å²) in [7, 11) is -2.40. The van der Waals surface area contributed by atoms with E-state index in [2.05, 4.69) is 9.71 Å². The van der Waals surface area contributed by atoms with E-state index < -0.39 is 21.9 Å². The Labute approximate surface area is 114 Å². The van der Waals surface area contributed by atoms with E-state index in [0.29, 0.717) is 0 Å². The number of sulfonamides is 1. The maximum absolute atomic E-state index is 12.6. The van der Waals surface area contributed by atoms with Crippen molar-refractivity contribution in [1.82, 2.24) is 9.55 Å². The molecule has 9 heteroatoms. The van der Waals surface area contributed by atoms with Crippen LogP contribution in [0.15, 0.2) is 35.5 Å². The quantitative estimate of drug-likeness (QED) is 0.799. The molecule has 0 fully saturated rings. The molecule has 2 aromatic heterocycles. The van der Waals surface area contributed by atoms with Crippen molar-refractivity contribution >= 4 is 21.6 Å². The van der Waals surface area contributed by atoms with Crippen LogP contribution in [-0.2, 0) is 17.1 Å². The number of nitrogens with zero attached hydrogens (tertiary/aromatic N) is 2. The van der Waals surface area contributed by atoms with E-state index in [1.165, 1.54) is 23.9 Å². The minimum atomic E-state index is -3.90. The summed E-state index contributed by atoms with van der Waals surface area (Å²) >= 11 is 0. The smallest absolute Gasteiger partial charge is 0.265 e. The van der Waals surface area contributed by atoms with Gasteiger partial charge in [0.2, 0.25) is 5.95 Å². The Balaban J connectivity index is 2.33. The zero-order chi connectivity index (χ0) is 14.9. The van der Waals surface area contributed by atoms with Crippen molar-refractivity contribution in [3.63, 3.8) is 0 Å². The largest absolute Gasteiger partial charge is 0.364 e. The van der Waals surface area contributed by atoms with Gasteiger partial charge in [0.1, 0.15) is 10.6 Å². The van der Waals surface area contributed by atoms with Gasteiger partial charge in [0.05, 0.1) is 11.9 Å². The van der Waals surface area contributed by atoms with Crippen molar-refractivity contribution in [2.75, 3.05) is 4.72 Å². The van der Waals surface area contributed by atoms with E-state index in [1.54, 1.807) is 0 Å². The predicted octanol–water partition coefficient (Wildman–Crippen LogP) is 0.459. The van der Waals surface area contributed by atoms with E-state index in [1.807, 2.05) is 0 Å². The highest BCUT2D eigenvalue weighted by atomic mass is 32.2. The number of hydrogen-bond acceptors (Lipinski definition) is 4. The van der Waals surface area contributed by atoms with Crippen LogP contribution >= 0.6 is 0 Å². The molecular formula is C11H11FN4O3S. The summed E-state index contributed by atoms with van der Waals surface area (Å²) in [5.74, 6) is -1.46. The molecule has 2 rings (SSSR count). The number of aryl methyl sites for hydroxylation is 1. The van der Waals surface area contributed by atoms with Crippen molar-refractivity contribution in [2.24, 2.45) is 12.8 Å². The molecule has 0 aliphatic heterocycles. The van der Waals surface area contributed by atoms with Gasteiger partial charge in [-0.3, -0.25) is 9.52 Å². The summed E-state index contributed by atoms with van der Waals surface area (Å²) in [5.41, 5.74) is 5.28. The van der Waals surface area contributed by atoms with Gasteiger partial charge in [0.15, 0.2) is 0 Å². The highest BCUT2D eigenvalue weighted by molar-refractivity contribution is 7.92. The van der Waals surface area contributed by atoms with Gasteiger partial charge in [-0.1, -0.05) is 0 Å². The number of nitrogens with one attached hydrogen (secondary N) is 1. The average Bonchev–Trinajstić information content (AvgIpc) is 2.75. The maximum atomic E-state index is 12.6. The second-order valence-electron chi connectivity index (χ2n) is 4.01.